The maximum Gasteiger partial charge on any atom is 0.118 e. The molecule has 0 fully saturated rings. The second-order valence-electron chi connectivity index (χ2n) is 3.93. The molecular formula is C14H16N2O2. The molecule has 1 N–H and O–H groups in total. The summed E-state index contributed by atoms with van der Waals surface area (Å²) >= 11 is 0. The Kier molecular flexibility index (Phi) is 3.79. The first-order chi connectivity index (χ1) is 8.74. The van der Waals surface area contributed by atoms with Crippen molar-refractivity contribution in [3.05, 3.63) is 54.6 Å². The average molecular weight is 244 g/mol. The average Bonchev–Trinajstić information content (AvgIpc) is 2.86. The van der Waals surface area contributed by atoms with E-state index in [0.29, 0.717) is 6.42 Å². The van der Waals surface area contributed by atoms with Gasteiger partial charge >= 0.3 is 0 Å². The Morgan fingerprint density at radius 2 is 2.17 bits per heavy atom. The summed E-state index contributed by atoms with van der Waals surface area (Å²) in [5.41, 5.74) is 0.842. The van der Waals surface area contributed by atoms with Gasteiger partial charge in [-0.2, -0.15) is 0 Å². The van der Waals surface area contributed by atoms with Gasteiger partial charge in [-0.15, -0.1) is 0 Å². The van der Waals surface area contributed by atoms with Crippen LogP contribution in [0.25, 0.3) is 6.20 Å². The molecule has 1 heterocycles. The normalized spacial score (nSPS) is 12.1. The predicted molar refractivity (Wildman–Crippen MR) is 70.3 cm³/mol. The zero-order valence-corrected chi connectivity index (χ0v) is 10.3. The van der Waals surface area contributed by atoms with Crippen molar-refractivity contribution >= 4 is 6.20 Å². The van der Waals surface area contributed by atoms with Gasteiger partial charge in [0.2, 0.25) is 0 Å². The van der Waals surface area contributed by atoms with E-state index < -0.39 is 6.10 Å². The summed E-state index contributed by atoms with van der Waals surface area (Å²) in [6.45, 7) is 3.69. The fraction of sp³-hybridized carbons (Fsp3) is 0.214. The fourth-order valence-electron chi connectivity index (χ4n) is 1.79. The molecule has 0 radical (unpaired) electrons. The number of methoxy groups -OCH3 is 1. The molecule has 0 unspecified atom stereocenters. The summed E-state index contributed by atoms with van der Waals surface area (Å²) < 4.78 is 6.88. The van der Waals surface area contributed by atoms with Crippen LogP contribution in [0.4, 0.5) is 0 Å². The SMILES string of the molecule is C=Cn1ccnc1C[C@@H](O)c1ccc(OC)cc1. The first kappa shape index (κ1) is 12.4. The standard InChI is InChI=1S/C14H16N2O2/c1-3-16-9-8-15-14(16)10-13(17)11-4-6-12(18-2)7-5-11/h3-9,13,17H,1,10H2,2H3/t13-/m1/s1. The van der Waals surface area contributed by atoms with E-state index in [0.717, 1.165) is 17.1 Å². The molecule has 2 rings (SSSR count). The van der Waals surface area contributed by atoms with Gasteiger partial charge in [-0.25, -0.2) is 4.98 Å². The Morgan fingerprint density at radius 3 is 2.78 bits per heavy atom. The number of rotatable bonds is 5. The highest BCUT2D eigenvalue weighted by Crippen LogP contribution is 2.20. The molecule has 4 nitrogen and oxygen atoms in total. The largest absolute Gasteiger partial charge is 0.497 e. The Balaban J connectivity index is 2.11. The molecule has 2 aromatic rings. The molecule has 0 amide bonds. The van der Waals surface area contributed by atoms with Gasteiger partial charge in [0.25, 0.3) is 0 Å². The van der Waals surface area contributed by atoms with Gasteiger partial charge in [0.05, 0.1) is 13.2 Å². The Bertz CT molecular complexity index is 517. The summed E-state index contributed by atoms with van der Waals surface area (Å²) in [5, 5.41) is 10.1. The predicted octanol–water partition coefficient (Wildman–Crippen LogP) is 2.27. The lowest BCUT2D eigenvalue weighted by atomic mass is 10.1. The highest BCUT2D eigenvalue weighted by Gasteiger charge is 2.11. The minimum atomic E-state index is -0.586. The topological polar surface area (TPSA) is 47.3 Å². The van der Waals surface area contributed by atoms with Crippen LogP contribution in [0.1, 0.15) is 17.5 Å². The second-order valence-corrected chi connectivity index (χ2v) is 3.93. The first-order valence-electron chi connectivity index (χ1n) is 5.71. The molecule has 1 aromatic carbocycles. The van der Waals surface area contributed by atoms with Crippen molar-refractivity contribution in [1.29, 1.82) is 0 Å². The summed E-state index contributed by atoms with van der Waals surface area (Å²) in [6, 6.07) is 7.37. The van der Waals surface area contributed by atoms with E-state index in [1.54, 1.807) is 24.1 Å². The van der Waals surface area contributed by atoms with Gasteiger partial charge in [-0.1, -0.05) is 18.7 Å². The number of hydrogen-bond acceptors (Lipinski definition) is 3. The third-order valence-corrected chi connectivity index (χ3v) is 2.82. The highest BCUT2D eigenvalue weighted by molar-refractivity contribution is 5.29. The summed E-state index contributed by atoms with van der Waals surface area (Å²) in [5.74, 6) is 1.56. The first-order valence-corrected chi connectivity index (χ1v) is 5.71. The molecule has 0 saturated carbocycles. The molecular weight excluding hydrogens is 228 g/mol. The molecule has 0 aliphatic heterocycles. The molecule has 0 saturated heterocycles. The van der Waals surface area contributed by atoms with Crippen LogP contribution in [-0.2, 0) is 6.42 Å². The third-order valence-electron chi connectivity index (χ3n) is 2.82. The molecule has 1 atom stereocenters. The van der Waals surface area contributed by atoms with Crippen molar-refractivity contribution in [2.75, 3.05) is 7.11 Å². The lowest BCUT2D eigenvalue weighted by Gasteiger charge is -2.11. The van der Waals surface area contributed by atoms with Gasteiger partial charge in [-0.3, -0.25) is 0 Å². The third kappa shape index (κ3) is 2.60. The molecule has 18 heavy (non-hydrogen) atoms. The van der Waals surface area contributed by atoms with Gasteiger partial charge in [0.15, 0.2) is 0 Å². The maximum absolute atomic E-state index is 10.1. The van der Waals surface area contributed by atoms with Crippen molar-refractivity contribution in [3.63, 3.8) is 0 Å². The van der Waals surface area contributed by atoms with Crippen LogP contribution in [0.15, 0.2) is 43.2 Å². The van der Waals surface area contributed by atoms with Crippen LogP contribution in [0.3, 0.4) is 0 Å². The number of benzene rings is 1. The number of hydrogen-bond donors (Lipinski definition) is 1. The van der Waals surface area contributed by atoms with Crippen molar-refractivity contribution in [1.82, 2.24) is 9.55 Å². The molecule has 0 spiro atoms. The van der Waals surface area contributed by atoms with E-state index in [9.17, 15) is 5.11 Å². The van der Waals surface area contributed by atoms with E-state index in [4.69, 9.17) is 4.74 Å². The molecule has 0 aliphatic carbocycles. The minimum Gasteiger partial charge on any atom is -0.497 e. The van der Waals surface area contributed by atoms with Crippen molar-refractivity contribution in [3.8, 4) is 5.75 Å². The lowest BCUT2D eigenvalue weighted by molar-refractivity contribution is 0.175. The molecule has 0 bridgehead atoms. The number of ether oxygens (including phenoxy) is 1. The summed E-state index contributed by atoms with van der Waals surface area (Å²) in [7, 11) is 1.62. The van der Waals surface area contributed by atoms with Crippen LogP contribution in [0, 0.1) is 0 Å². The van der Waals surface area contributed by atoms with Gasteiger partial charge in [0, 0.05) is 25.0 Å². The number of aliphatic hydroxyl groups excluding tert-OH is 1. The summed E-state index contributed by atoms with van der Waals surface area (Å²) in [4.78, 5) is 4.19. The zero-order chi connectivity index (χ0) is 13.0. The van der Waals surface area contributed by atoms with Crippen LogP contribution < -0.4 is 4.74 Å². The second kappa shape index (κ2) is 5.51. The highest BCUT2D eigenvalue weighted by atomic mass is 16.5. The Labute approximate surface area is 106 Å². The van der Waals surface area contributed by atoms with E-state index in [2.05, 4.69) is 11.6 Å². The number of nitrogens with zero attached hydrogens (tertiary/aromatic N) is 2. The van der Waals surface area contributed by atoms with Crippen LogP contribution >= 0.6 is 0 Å². The summed E-state index contributed by atoms with van der Waals surface area (Å²) in [6.07, 6.45) is 5.03. The minimum absolute atomic E-state index is 0.450. The smallest absolute Gasteiger partial charge is 0.118 e. The quantitative estimate of drug-likeness (QED) is 0.877. The van der Waals surface area contributed by atoms with E-state index in [1.165, 1.54) is 0 Å². The Hall–Kier alpha value is -2.07. The van der Waals surface area contributed by atoms with Crippen LogP contribution in [0.2, 0.25) is 0 Å². The van der Waals surface area contributed by atoms with E-state index in [1.807, 2.05) is 30.5 Å². The molecule has 4 heteroatoms. The van der Waals surface area contributed by atoms with Gasteiger partial charge in [0.1, 0.15) is 11.6 Å². The number of imidazole rings is 1. The monoisotopic (exact) mass is 244 g/mol. The number of aromatic nitrogens is 2. The van der Waals surface area contributed by atoms with Crippen molar-refractivity contribution < 1.29 is 9.84 Å². The fourth-order valence-corrected chi connectivity index (χ4v) is 1.79. The lowest BCUT2D eigenvalue weighted by Crippen LogP contribution is -2.06. The van der Waals surface area contributed by atoms with E-state index in [-0.39, 0.29) is 0 Å². The molecule has 1 aromatic heterocycles. The number of aliphatic hydroxyl groups is 1. The van der Waals surface area contributed by atoms with Gasteiger partial charge < -0.3 is 14.4 Å². The molecule has 0 aliphatic rings. The van der Waals surface area contributed by atoms with E-state index >= 15 is 0 Å². The van der Waals surface area contributed by atoms with Crippen molar-refractivity contribution in [2.45, 2.75) is 12.5 Å². The zero-order valence-electron chi connectivity index (χ0n) is 10.3. The van der Waals surface area contributed by atoms with Gasteiger partial charge in [-0.05, 0) is 17.7 Å². The van der Waals surface area contributed by atoms with Crippen molar-refractivity contribution in [2.24, 2.45) is 0 Å². The van der Waals surface area contributed by atoms with Crippen LogP contribution in [0.5, 0.6) is 5.75 Å². The molecule has 94 valence electrons. The Morgan fingerprint density at radius 1 is 1.44 bits per heavy atom. The maximum atomic E-state index is 10.1. The van der Waals surface area contributed by atoms with Crippen LogP contribution in [-0.4, -0.2) is 21.8 Å².